The molecule has 1 saturated carbocycles. The van der Waals surface area contributed by atoms with E-state index in [1.165, 1.54) is 12.8 Å². The molecule has 1 atom stereocenters. The van der Waals surface area contributed by atoms with Gasteiger partial charge in [-0.2, -0.15) is 0 Å². The van der Waals surface area contributed by atoms with Crippen molar-refractivity contribution in [3.63, 3.8) is 0 Å². The smallest absolute Gasteiger partial charge is 0.229 e. The maximum atomic E-state index is 12.8. The second-order valence-corrected chi connectivity index (χ2v) is 7.65. The number of amides is 2. The summed E-state index contributed by atoms with van der Waals surface area (Å²) in [5.41, 5.74) is 1.44. The number of rotatable bonds is 6. The SMILES string of the molecule is COc1cccc(N2CC(C(=O)Nc3cccc(OC4CCCC4)c3)CC2=O)c1. The van der Waals surface area contributed by atoms with Gasteiger partial charge in [-0.3, -0.25) is 9.59 Å². The Balaban J connectivity index is 1.39. The summed E-state index contributed by atoms with van der Waals surface area (Å²) in [6, 6.07) is 14.8. The van der Waals surface area contributed by atoms with E-state index < -0.39 is 5.92 Å². The molecule has 2 aromatic rings. The summed E-state index contributed by atoms with van der Waals surface area (Å²) in [7, 11) is 1.59. The summed E-state index contributed by atoms with van der Waals surface area (Å²) in [6.45, 7) is 0.357. The second kappa shape index (κ2) is 8.55. The summed E-state index contributed by atoms with van der Waals surface area (Å²) < 4.78 is 11.2. The van der Waals surface area contributed by atoms with E-state index in [0.29, 0.717) is 18.0 Å². The van der Waals surface area contributed by atoms with Crippen molar-refractivity contribution in [1.82, 2.24) is 0 Å². The van der Waals surface area contributed by atoms with Gasteiger partial charge in [0.1, 0.15) is 11.5 Å². The Bertz CT molecular complexity index is 892. The molecular weight excluding hydrogens is 368 g/mol. The highest BCUT2D eigenvalue weighted by atomic mass is 16.5. The monoisotopic (exact) mass is 394 g/mol. The minimum atomic E-state index is -0.395. The molecule has 1 aliphatic heterocycles. The lowest BCUT2D eigenvalue weighted by molar-refractivity contribution is -0.122. The van der Waals surface area contributed by atoms with Gasteiger partial charge in [0.25, 0.3) is 0 Å². The van der Waals surface area contributed by atoms with Crippen LogP contribution in [0.15, 0.2) is 48.5 Å². The Kier molecular flexibility index (Phi) is 5.69. The van der Waals surface area contributed by atoms with Crippen LogP contribution in [0.5, 0.6) is 11.5 Å². The Morgan fingerprint density at radius 2 is 1.83 bits per heavy atom. The molecular formula is C23H26N2O4. The number of ether oxygens (including phenoxy) is 2. The maximum Gasteiger partial charge on any atom is 0.229 e. The third-order valence-electron chi connectivity index (χ3n) is 5.57. The average molecular weight is 394 g/mol. The van der Waals surface area contributed by atoms with Crippen LogP contribution < -0.4 is 19.7 Å². The van der Waals surface area contributed by atoms with Crippen LogP contribution in [0.4, 0.5) is 11.4 Å². The van der Waals surface area contributed by atoms with Crippen molar-refractivity contribution < 1.29 is 19.1 Å². The number of carbonyl (C=O) groups excluding carboxylic acids is 2. The number of benzene rings is 2. The van der Waals surface area contributed by atoms with Crippen molar-refractivity contribution >= 4 is 23.2 Å². The van der Waals surface area contributed by atoms with Crippen LogP contribution >= 0.6 is 0 Å². The first-order chi connectivity index (χ1) is 14.1. The Hall–Kier alpha value is -3.02. The fraction of sp³-hybridized carbons (Fsp3) is 0.391. The van der Waals surface area contributed by atoms with Gasteiger partial charge >= 0.3 is 0 Å². The second-order valence-electron chi connectivity index (χ2n) is 7.65. The zero-order valence-corrected chi connectivity index (χ0v) is 16.6. The first-order valence-corrected chi connectivity index (χ1v) is 10.1. The van der Waals surface area contributed by atoms with Crippen molar-refractivity contribution in [2.45, 2.75) is 38.2 Å². The van der Waals surface area contributed by atoms with Gasteiger partial charge < -0.3 is 19.7 Å². The number of methoxy groups -OCH3 is 1. The molecule has 2 fully saturated rings. The maximum absolute atomic E-state index is 12.8. The van der Waals surface area contributed by atoms with E-state index in [-0.39, 0.29) is 24.3 Å². The molecule has 0 aromatic heterocycles. The highest BCUT2D eigenvalue weighted by Crippen LogP contribution is 2.29. The molecule has 0 bridgehead atoms. The first kappa shape index (κ1) is 19.3. The first-order valence-electron chi connectivity index (χ1n) is 10.1. The Morgan fingerprint density at radius 1 is 1.07 bits per heavy atom. The summed E-state index contributed by atoms with van der Waals surface area (Å²) in [4.78, 5) is 26.9. The average Bonchev–Trinajstić information content (AvgIpc) is 3.38. The molecule has 6 nitrogen and oxygen atoms in total. The van der Waals surface area contributed by atoms with E-state index in [4.69, 9.17) is 9.47 Å². The van der Waals surface area contributed by atoms with Gasteiger partial charge in [0.15, 0.2) is 0 Å². The number of carbonyl (C=O) groups is 2. The predicted molar refractivity (Wildman–Crippen MR) is 111 cm³/mol. The van der Waals surface area contributed by atoms with Crippen LogP contribution in [0.2, 0.25) is 0 Å². The van der Waals surface area contributed by atoms with Crippen LogP contribution in [0, 0.1) is 5.92 Å². The van der Waals surface area contributed by atoms with Crippen LogP contribution in [-0.4, -0.2) is 31.6 Å². The Morgan fingerprint density at radius 3 is 2.62 bits per heavy atom. The molecule has 2 aliphatic rings. The van der Waals surface area contributed by atoms with Gasteiger partial charge in [-0.1, -0.05) is 12.1 Å². The molecule has 29 heavy (non-hydrogen) atoms. The lowest BCUT2D eigenvalue weighted by Gasteiger charge is -2.18. The van der Waals surface area contributed by atoms with Crippen LogP contribution in [0.3, 0.4) is 0 Å². The molecule has 0 radical (unpaired) electrons. The van der Waals surface area contributed by atoms with Gasteiger partial charge in [0.05, 0.1) is 19.1 Å². The largest absolute Gasteiger partial charge is 0.497 e. The zero-order valence-electron chi connectivity index (χ0n) is 16.6. The lowest BCUT2D eigenvalue weighted by atomic mass is 10.1. The van der Waals surface area contributed by atoms with Crippen LogP contribution in [0.25, 0.3) is 0 Å². The normalized spacial score (nSPS) is 19.4. The van der Waals surface area contributed by atoms with E-state index in [1.807, 2.05) is 48.5 Å². The number of hydrogen-bond donors (Lipinski definition) is 1. The third kappa shape index (κ3) is 4.53. The van der Waals surface area contributed by atoms with Crippen molar-refractivity contribution in [2.24, 2.45) is 5.92 Å². The van der Waals surface area contributed by atoms with Crippen molar-refractivity contribution in [3.8, 4) is 11.5 Å². The number of nitrogens with zero attached hydrogens (tertiary/aromatic N) is 1. The molecule has 6 heteroatoms. The van der Waals surface area contributed by atoms with Gasteiger partial charge in [-0.25, -0.2) is 0 Å². The van der Waals surface area contributed by atoms with Gasteiger partial charge in [-0.15, -0.1) is 0 Å². The summed E-state index contributed by atoms with van der Waals surface area (Å²) in [5, 5.41) is 2.94. The fourth-order valence-electron chi connectivity index (χ4n) is 4.00. The van der Waals surface area contributed by atoms with E-state index in [0.717, 1.165) is 24.3 Å². The minimum Gasteiger partial charge on any atom is -0.497 e. The van der Waals surface area contributed by atoms with Crippen LogP contribution in [-0.2, 0) is 9.59 Å². The highest BCUT2D eigenvalue weighted by molar-refractivity contribution is 6.03. The topological polar surface area (TPSA) is 67.9 Å². The quantitative estimate of drug-likeness (QED) is 0.804. The molecule has 1 aliphatic carbocycles. The zero-order chi connectivity index (χ0) is 20.2. The molecule has 1 unspecified atom stereocenters. The van der Waals surface area contributed by atoms with Gasteiger partial charge in [0.2, 0.25) is 11.8 Å². The fourth-order valence-corrected chi connectivity index (χ4v) is 4.00. The standard InChI is InChI=1S/C23H26N2O4/c1-28-20-10-5-7-18(14-20)25-15-16(12-22(25)26)23(27)24-17-6-4-11-21(13-17)29-19-8-2-3-9-19/h4-7,10-11,13-14,16,19H,2-3,8-9,12,15H2,1H3,(H,24,27). The number of hydrogen-bond acceptors (Lipinski definition) is 4. The van der Waals surface area contributed by atoms with E-state index >= 15 is 0 Å². The molecule has 1 heterocycles. The minimum absolute atomic E-state index is 0.0586. The summed E-state index contributed by atoms with van der Waals surface area (Å²) >= 11 is 0. The summed E-state index contributed by atoms with van der Waals surface area (Å²) in [5.74, 6) is 0.851. The highest BCUT2D eigenvalue weighted by Gasteiger charge is 2.35. The van der Waals surface area contributed by atoms with Gasteiger partial charge in [-0.05, 0) is 49.9 Å². The van der Waals surface area contributed by atoms with Crippen LogP contribution in [0.1, 0.15) is 32.1 Å². The Labute approximate surface area is 170 Å². The third-order valence-corrected chi connectivity index (χ3v) is 5.57. The number of anilines is 2. The molecule has 1 saturated heterocycles. The van der Waals surface area contributed by atoms with E-state index in [1.54, 1.807) is 12.0 Å². The molecule has 152 valence electrons. The van der Waals surface area contributed by atoms with E-state index in [9.17, 15) is 9.59 Å². The number of nitrogens with one attached hydrogen (secondary N) is 1. The van der Waals surface area contributed by atoms with E-state index in [2.05, 4.69) is 5.32 Å². The molecule has 2 amide bonds. The molecule has 4 rings (SSSR count). The van der Waals surface area contributed by atoms with Crippen molar-refractivity contribution in [3.05, 3.63) is 48.5 Å². The predicted octanol–water partition coefficient (Wildman–Crippen LogP) is 4.01. The molecule has 0 spiro atoms. The van der Waals surface area contributed by atoms with Gasteiger partial charge in [0, 0.05) is 36.5 Å². The molecule has 1 N–H and O–H groups in total. The van der Waals surface area contributed by atoms with Crippen molar-refractivity contribution in [2.75, 3.05) is 23.9 Å². The molecule has 2 aromatic carbocycles. The lowest BCUT2D eigenvalue weighted by Crippen LogP contribution is -2.28. The van der Waals surface area contributed by atoms with Crippen molar-refractivity contribution in [1.29, 1.82) is 0 Å². The summed E-state index contributed by atoms with van der Waals surface area (Å²) in [6.07, 6.45) is 5.05.